The minimum atomic E-state index is -0.669. The summed E-state index contributed by atoms with van der Waals surface area (Å²) in [5.41, 5.74) is 1.49. The molecule has 0 bridgehead atoms. The molecular weight excluding hydrogens is 474 g/mol. The number of methoxy groups -OCH3 is 1. The van der Waals surface area contributed by atoms with Crippen molar-refractivity contribution in [2.75, 3.05) is 20.2 Å². The molecule has 0 N–H and O–H groups in total. The summed E-state index contributed by atoms with van der Waals surface area (Å²) < 4.78 is 11.6. The Kier molecular flexibility index (Phi) is 8.83. The minimum absolute atomic E-state index is 0.0644. The summed E-state index contributed by atoms with van der Waals surface area (Å²) >= 11 is 0. The molecule has 2 aromatic rings. The van der Waals surface area contributed by atoms with Gasteiger partial charge in [-0.25, -0.2) is 0 Å². The van der Waals surface area contributed by atoms with E-state index in [2.05, 4.69) is 29.2 Å². The van der Waals surface area contributed by atoms with Crippen molar-refractivity contribution in [1.82, 2.24) is 4.90 Å². The van der Waals surface area contributed by atoms with Crippen molar-refractivity contribution in [3.63, 3.8) is 0 Å². The van der Waals surface area contributed by atoms with Gasteiger partial charge in [-0.15, -0.1) is 0 Å². The van der Waals surface area contributed by atoms with Gasteiger partial charge in [-0.1, -0.05) is 81.0 Å². The van der Waals surface area contributed by atoms with Crippen LogP contribution in [0.1, 0.15) is 81.3 Å². The normalized spacial score (nSPS) is 23.7. The molecule has 2 aliphatic carbocycles. The van der Waals surface area contributed by atoms with Gasteiger partial charge in [-0.05, 0) is 60.8 Å². The summed E-state index contributed by atoms with van der Waals surface area (Å²) in [4.78, 5) is 29.4. The molecule has 0 spiro atoms. The summed E-state index contributed by atoms with van der Waals surface area (Å²) in [7, 11) is 1.66. The van der Waals surface area contributed by atoms with Gasteiger partial charge in [0.05, 0.1) is 7.11 Å². The second-order valence-corrected chi connectivity index (χ2v) is 11.6. The van der Waals surface area contributed by atoms with Crippen LogP contribution in [0.2, 0.25) is 0 Å². The van der Waals surface area contributed by atoms with Gasteiger partial charge in [0.15, 0.2) is 0 Å². The second kappa shape index (κ2) is 12.5. The van der Waals surface area contributed by atoms with E-state index in [1.54, 1.807) is 7.11 Å². The highest BCUT2D eigenvalue weighted by atomic mass is 16.5. The van der Waals surface area contributed by atoms with Crippen molar-refractivity contribution in [3.05, 3.63) is 65.7 Å². The lowest BCUT2D eigenvalue weighted by Crippen LogP contribution is -2.64. The number of nitrogens with zero attached hydrogens (tertiary/aromatic N) is 1. The number of carbonyl (C=O) groups excluding carboxylic acids is 2. The van der Waals surface area contributed by atoms with Crippen LogP contribution in [0, 0.1) is 17.8 Å². The van der Waals surface area contributed by atoms with Gasteiger partial charge in [0.25, 0.3) is 0 Å². The van der Waals surface area contributed by atoms with E-state index in [1.807, 2.05) is 30.3 Å². The summed E-state index contributed by atoms with van der Waals surface area (Å²) in [5.74, 6) is 1.26. The lowest BCUT2D eigenvalue weighted by atomic mass is 9.63. The fraction of sp³-hybridized carbons (Fsp3) is 0.576. The number of ether oxygens (including phenoxy) is 2. The van der Waals surface area contributed by atoms with Crippen LogP contribution in [0.25, 0.3) is 0 Å². The first-order valence-electron chi connectivity index (χ1n) is 14.7. The lowest BCUT2D eigenvalue weighted by molar-refractivity contribution is -0.173. The third kappa shape index (κ3) is 5.40. The largest absolute Gasteiger partial charge is 0.497 e. The average molecular weight is 518 g/mol. The van der Waals surface area contributed by atoms with E-state index in [4.69, 9.17) is 9.47 Å². The van der Waals surface area contributed by atoms with Gasteiger partial charge < -0.3 is 14.3 Å². The molecule has 2 atom stereocenters. The van der Waals surface area contributed by atoms with Crippen molar-refractivity contribution in [1.29, 1.82) is 0 Å². The van der Waals surface area contributed by atoms with E-state index >= 15 is 0 Å². The van der Waals surface area contributed by atoms with E-state index in [1.165, 1.54) is 18.4 Å². The fourth-order valence-corrected chi connectivity index (χ4v) is 7.71. The Bertz CT molecular complexity index is 1020. The zero-order valence-corrected chi connectivity index (χ0v) is 22.9. The standard InChI is InChI=1S/C33H43NO4/c1-37-30-19-17-25(18-20-30)24-38-32(36)33(28-13-7-3-8-14-28,29-15-9-4-10-16-29)34-21-27(23-35)31(22-34)26-11-5-2-6-12-26/h2,5-6,11-12,17-20,23,27-29,31H,3-4,7-10,13-16,21-22,24H2,1H3/t27-,31-/m1/s1. The van der Waals surface area contributed by atoms with Crippen LogP contribution in [0.5, 0.6) is 5.75 Å². The van der Waals surface area contributed by atoms with Crippen LogP contribution in [-0.2, 0) is 20.9 Å². The van der Waals surface area contributed by atoms with Gasteiger partial charge in [-0.2, -0.15) is 0 Å². The third-order valence-electron chi connectivity index (χ3n) is 9.60. The van der Waals surface area contributed by atoms with Crippen LogP contribution in [-0.4, -0.2) is 42.9 Å². The van der Waals surface area contributed by atoms with Gasteiger partial charge in [-0.3, -0.25) is 9.69 Å². The highest BCUT2D eigenvalue weighted by molar-refractivity contribution is 5.82. The predicted octanol–water partition coefficient (Wildman–Crippen LogP) is 6.55. The van der Waals surface area contributed by atoms with Gasteiger partial charge in [0, 0.05) is 24.9 Å². The van der Waals surface area contributed by atoms with Crippen molar-refractivity contribution in [2.45, 2.75) is 82.3 Å². The molecular formula is C33H43NO4. The van der Waals surface area contributed by atoms with Crippen molar-refractivity contribution < 1.29 is 19.1 Å². The Hall–Kier alpha value is -2.66. The topological polar surface area (TPSA) is 55.8 Å². The number of esters is 1. The SMILES string of the molecule is COc1ccc(COC(=O)C(C2CCCCC2)(C2CCCCC2)N2C[C@H](c3ccccc3)[C@@H](C=O)C2)cc1. The molecule has 1 saturated heterocycles. The maximum Gasteiger partial charge on any atom is 0.327 e. The molecule has 0 unspecified atom stereocenters. The van der Waals surface area contributed by atoms with Crippen molar-refractivity contribution in [3.8, 4) is 5.75 Å². The average Bonchev–Trinajstić information content (AvgIpc) is 3.43. The molecule has 3 aliphatic rings. The molecule has 0 aromatic heterocycles. The van der Waals surface area contributed by atoms with Gasteiger partial charge in [0.2, 0.25) is 0 Å². The van der Waals surface area contributed by atoms with Gasteiger partial charge >= 0.3 is 5.97 Å². The zero-order valence-electron chi connectivity index (χ0n) is 22.9. The molecule has 5 heteroatoms. The molecule has 38 heavy (non-hydrogen) atoms. The molecule has 5 nitrogen and oxygen atoms in total. The summed E-state index contributed by atoms with van der Waals surface area (Å²) in [6.45, 7) is 1.63. The van der Waals surface area contributed by atoms with Crippen LogP contribution in [0.4, 0.5) is 0 Å². The molecule has 5 rings (SSSR count). The maximum atomic E-state index is 14.6. The highest BCUT2D eigenvalue weighted by Crippen LogP contribution is 2.50. The van der Waals surface area contributed by atoms with Crippen LogP contribution < -0.4 is 4.74 Å². The molecule has 1 heterocycles. The molecule has 2 saturated carbocycles. The monoisotopic (exact) mass is 517 g/mol. The predicted molar refractivity (Wildman–Crippen MR) is 149 cm³/mol. The number of carbonyl (C=O) groups is 2. The van der Waals surface area contributed by atoms with E-state index in [0.29, 0.717) is 6.54 Å². The molecule has 1 aliphatic heterocycles. The first-order valence-corrected chi connectivity index (χ1v) is 14.7. The van der Waals surface area contributed by atoms with E-state index in [0.717, 1.165) is 75.5 Å². The number of benzene rings is 2. The first kappa shape index (κ1) is 26.9. The highest BCUT2D eigenvalue weighted by Gasteiger charge is 2.58. The third-order valence-corrected chi connectivity index (χ3v) is 9.60. The zero-order chi connectivity index (χ0) is 26.4. The quantitative estimate of drug-likeness (QED) is 0.279. The fourth-order valence-electron chi connectivity index (χ4n) is 7.71. The Balaban J connectivity index is 1.50. The summed E-state index contributed by atoms with van der Waals surface area (Å²) in [6.07, 6.45) is 12.5. The molecule has 0 amide bonds. The van der Waals surface area contributed by atoms with Crippen LogP contribution >= 0.6 is 0 Å². The van der Waals surface area contributed by atoms with Gasteiger partial charge in [0.1, 0.15) is 24.2 Å². The number of rotatable bonds is 9. The second-order valence-electron chi connectivity index (χ2n) is 11.6. The van der Waals surface area contributed by atoms with Crippen LogP contribution in [0.3, 0.4) is 0 Å². The van der Waals surface area contributed by atoms with Crippen LogP contribution in [0.15, 0.2) is 54.6 Å². The smallest absolute Gasteiger partial charge is 0.327 e. The lowest BCUT2D eigenvalue weighted by Gasteiger charge is -2.52. The van der Waals surface area contributed by atoms with Crippen molar-refractivity contribution >= 4 is 12.3 Å². The maximum absolute atomic E-state index is 14.6. The minimum Gasteiger partial charge on any atom is -0.497 e. The molecule has 204 valence electrons. The number of hydrogen-bond donors (Lipinski definition) is 0. The Morgan fingerprint density at radius 1 is 0.868 bits per heavy atom. The summed E-state index contributed by atoms with van der Waals surface area (Å²) in [5, 5.41) is 0. The Morgan fingerprint density at radius 3 is 2.03 bits per heavy atom. The van der Waals surface area contributed by atoms with Crippen molar-refractivity contribution in [2.24, 2.45) is 17.8 Å². The Morgan fingerprint density at radius 2 is 1.47 bits per heavy atom. The number of aldehydes is 1. The summed E-state index contributed by atoms with van der Waals surface area (Å²) in [6, 6.07) is 18.2. The van der Waals surface area contributed by atoms with E-state index < -0.39 is 5.54 Å². The molecule has 2 aromatic carbocycles. The van der Waals surface area contributed by atoms with E-state index in [9.17, 15) is 9.59 Å². The molecule has 0 radical (unpaired) electrons. The Labute approximate surface area is 227 Å². The first-order chi connectivity index (χ1) is 18.7. The molecule has 3 fully saturated rings. The van der Waals surface area contributed by atoms with E-state index in [-0.39, 0.29) is 36.2 Å². The number of hydrogen-bond acceptors (Lipinski definition) is 5. The number of likely N-dealkylation sites (tertiary alicyclic amines) is 1.